The number of pyridine rings is 1. The van der Waals surface area contributed by atoms with Gasteiger partial charge in [-0.15, -0.1) is 5.10 Å². The zero-order chi connectivity index (χ0) is 16.1. The molecule has 2 aromatic heterocycles. The predicted molar refractivity (Wildman–Crippen MR) is 87.6 cm³/mol. The highest BCUT2D eigenvalue weighted by Crippen LogP contribution is 2.29. The van der Waals surface area contributed by atoms with Crippen LogP contribution < -0.4 is 5.32 Å². The number of rotatable bonds is 7. The van der Waals surface area contributed by atoms with Crippen molar-refractivity contribution in [2.75, 3.05) is 39.1 Å². The van der Waals surface area contributed by atoms with Crippen molar-refractivity contribution in [2.45, 2.75) is 20.3 Å². The normalized spacial score (nSPS) is 11.1. The topological polar surface area (TPSA) is 80.2 Å². The summed E-state index contributed by atoms with van der Waals surface area (Å²) in [6.07, 6.45) is 0.954. The zero-order valence-electron chi connectivity index (χ0n) is 13.3. The van der Waals surface area contributed by atoms with Crippen molar-refractivity contribution >= 4 is 33.5 Å². The molecule has 0 saturated heterocycles. The second-order valence-corrected chi connectivity index (χ2v) is 5.91. The molecule has 8 heteroatoms. The third-order valence-electron chi connectivity index (χ3n) is 3.15. The molecule has 0 aliphatic rings. The summed E-state index contributed by atoms with van der Waals surface area (Å²) in [5, 5.41) is 7.42. The highest BCUT2D eigenvalue weighted by molar-refractivity contribution is 7.12. The van der Waals surface area contributed by atoms with Gasteiger partial charge in [-0.3, -0.25) is 0 Å². The molecule has 2 aromatic rings. The molecule has 120 valence electrons. The monoisotopic (exact) mass is 323 g/mol. The molecule has 22 heavy (non-hydrogen) atoms. The first-order valence-corrected chi connectivity index (χ1v) is 8.00. The van der Waals surface area contributed by atoms with E-state index < -0.39 is 0 Å². The van der Waals surface area contributed by atoms with E-state index in [1.165, 1.54) is 11.5 Å². The Morgan fingerprint density at radius 1 is 1.41 bits per heavy atom. The van der Waals surface area contributed by atoms with Crippen LogP contribution in [-0.2, 0) is 4.74 Å². The molecule has 0 aromatic carbocycles. The average molecular weight is 323 g/mol. The number of nitrogens with one attached hydrogen (secondary N) is 1. The van der Waals surface area contributed by atoms with Gasteiger partial charge in [0, 0.05) is 18.1 Å². The molecule has 0 aliphatic carbocycles. The van der Waals surface area contributed by atoms with Gasteiger partial charge in [0.2, 0.25) is 0 Å². The number of anilines is 1. The Balaban J connectivity index is 2.32. The Morgan fingerprint density at radius 3 is 2.86 bits per heavy atom. The number of nitrogens with zero attached hydrogens (tertiary/aromatic N) is 4. The molecular formula is C14H21N5O2S. The minimum Gasteiger partial charge on any atom is -0.462 e. The van der Waals surface area contributed by atoms with Crippen molar-refractivity contribution in [3.05, 3.63) is 11.3 Å². The predicted octanol–water partition coefficient (Wildman–Crippen LogP) is 1.94. The van der Waals surface area contributed by atoms with Gasteiger partial charge < -0.3 is 15.0 Å². The quantitative estimate of drug-likeness (QED) is 0.616. The summed E-state index contributed by atoms with van der Waals surface area (Å²) >= 11 is 1.22. The number of aromatic nitrogens is 3. The van der Waals surface area contributed by atoms with Crippen molar-refractivity contribution in [3.8, 4) is 0 Å². The van der Waals surface area contributed by atoms with Gasteiger partial charge in [-0.25, -0.2) is 9.78 Å². The lowest BCUT2D eigenvalue weighted by Gasteiger charge is -2.14. The molecule has 0 spiro atoms. The summed E-state index contributed by atoms with van der Waals surface area (Å²) in [7, 11) is 4.06. The largest absolute Gasteiger partial charge is 0.462 e. The zero-order valence-corrected chi connectivity index (χ0v) is 14.2. The fourth-order valence-electron chi connectivity index (χ4n) is 2.16. The van der Waals surface area contributed by atoms with E-state index in [-0.39, 0.29) is 5.97 Å². The summed E-state index contributed by atoms with van der Waals surface area (Å²) in [6.45, 7) is 5.61. The van der Waals surface area contributed by atoms with Crippen molar-refractivity contribution in [1.29, 1.82) is 0 Å². The Hall–Kier alpha value is -1.80. The van der Waals surface area contributed by atoms with Crippen molar-refractivity contribution in [1.82, 2.24) is 19.5 Å². The maximum absolute atomic E-state index is 12.2. The van der Waals surface area contributed by atoms with Crippen LogP contribution in [0.1, 0.15) is 29.4 Å². The molecule has 7 nitrogen and oxygen atoms in total. The second-order valence-electron chi connectivity index (χ2n) is 5.18. The smallest absolute Gasteiger partial charge is 0.342 e. The molecule has 0 amide bonds. The van der Waals surface area contributed by atoms with Crippen molar-refractivity contribution < 1.29 is 9.53 Å². The lowest BCUT2D eigenvalue weighted by Crippen LogP contribution is -2.18. The van der Waals surface area contributed by atoms with Gasteiger partial charge in [-0.1, -0.05) is 4.49 Å². The van der Waals surface area contributed by atoms with Crippen LogP contribution in [0.15, 0.2) is 0 Å². The minimum atomic E-state index is -0.377. The van der Waals surface area contributed by atoms with E-state index >= 15 is 0 Å². The van der Waals surface area contributed by atoms with E-state index in [4.69, 9.17) is 4.74 Å². The number of esters is 1. The van der Waals surface area contributed by atoms with E-state index in [0.717, 1.165) is 24.3 Å². The molecule has 0 atom stereocenters. The van der Waals surface area contributed by atoms with Gasteiger partial charge >= 0.3 is 5.97 Å². The van der Waals surface area contributed by atoms with Gasteiger partial charge in [-0.05, 0) is 40.9 Å². The lowest BCUT2D eigenvalue weighted by molar-refractivity contribution is 0.0526. The molecule has 0 aliphatic heterocycles. The summed E-state index contributed by atoms with van der Waals surface area (Å²) in [4.78, 5) is 19.5. The fraction of sp³-hybridized carbons (Fsp3) is 0.571. The highest BCUT2D eigenvalue weighted by Gasteiger charge is 2.22. The molecule has 0 saturated carbocycles. The van der Waals surface area contributed by atoms with Crippen LogP contribution >= 0.6 is 11.5 Å². The van der Waals surface area contributed by atoms with Crippen LogP contribution in [0.3, 0.4) is 0 Å². The lowest BCUT2D eigenvalue weighted by atomic mass is 10.1. The Morgan fingerprint density at radius 2 is 2.18 bits per heavy atom. The first kappa shape index (κ1) is 16.6. The molecule has 0 fully saturated rings. The van der Waals surface area contributed by atoms with E-state index in [1.807, 2.05) is 14.1 Å². The molecule has 0 unspecified atom stereocenters. The summed E-state index contributed by atoms with van der Waals surface area (Å²) in [6, 6.07) is 0. The van der Waals surface area contributed by atoms with Crippen LogP contribution in [0, 0.1) is 6.92 Å². The third-order valence-corrected chi connectivity index (χ3v) is 3.77. The number of carbonyl (C=O) groups is 1. The molecule has 0 bridgehead atoms. The Labute approximate surface area is 133 Å². The fourth-order valence-corrected chi connectivity index (χ4v) is 2.76. The van der Waals surface area contributed by atoms with E-state index in [2.05, 4.69) is 24.8 Å². The molecular weight excluding hydrogens is 302 g/mol. The molecule has 2 rings (SSSR count). The van der Waals surface area contributed by atoms with Gasteiger partial charge in [-0.2, -0.15) is 0 Å². The van der Waals surface area contributed by atoms with E-state index in [0.29, 0.717) is 29.1 Å². The van der Waals surface area contributed by atoms with E-state index in [9.17, 15) is 4.79 Å². The maximum atomic E-state index is 12.2. The van der Waals surface area contributed by atoms with Gasteiger partial charge in [0.15, 0.2) is 4.83 Å². The SMILES string of the molecule is CCOC(=O)c1c(C)nc2snnc2c1NCCCN(C)C. The molecule has 1 N–H and O–H groups in total. The number of hydrogen-bond acceptors (Lipinski definition) is 8. The number of aryl methyl sites for hydroxylation is 1. The highest BCUT2D eigenvalue weighted by atomic mass is 32.1. The van der Waals surface area contributed by atoms with Crippen LogP contribution in [0.5, 0.6) is 0 Å². The number of fused-ring (bicyclic) bond motifs is 1. The second kappa shape index (κ2) is 7.46. The Kier molecular flexibility index (Phi) is 5.62. The first-order chi connectivity index (χ1) is 10.5. The van der Waals surface area contributed by atoms with E-state index in [1.54, 1.807) is 13.8 Å². The van der Waals surface area contributed by atoms with Crippen LogP contribution in [-0.4, -0.2) is 59.2 Å². The summed E-state index contributed by atoms with van der Waals surface area (Å²) in [5.74, 6) is -0.377. The molecule has 2 heterocycles. The summed E-state index contributed by atoms with van der Waals surface area (Å²) in [5.41, 5.74) is 2.39. The van der Waals surface area contributed by atoms with Crippen molar-refractivity contribution in [3.63, 3.8) is 0 Å². The molecule has 0 radical (unpaired) electrons. The van der Waals surface area contributed by atoms with Crippen LogP contribution in [0.2, 0.25) is 0 Å². The average Bonchev–Trinajstić information content (AvgIpc) is 2.90. The maximum Gasteiger partial charge on any atom is 0.342 e. The number of hydrogen-bond donors (Lipinski definition) is 1. The van der Waals surface area contributed by atoms with Crippen LogP contribution in [0.4, 0.5) is 5.69 Å². The number of ether oxygens (including phenoxy) is 1. The van der Waals surface area contributed by atoms with Crippen molar-refractivity contribution in [2.24, 2.45) is 0 Å². The standard InChI is InChI=1S/C14H21N5O2S/c1-5-21-14(20)10-9(2)16-13-12(17-18-22-13)11(10)15-7-6-8-19(3)4/h5-8H2,1-4H3,(H,15,16). The summed E-state index contributed by atoms with van der Waals surface area (Å²) < 4.78 is 9.08. The number of carbonyl (C=O) groups excluding carboxylic acids is 1. The van der Waals surface area contributed by atoms with Gasteiger partial charge in [0.05, 0.1) is 18.0 Å². The minimum absolute atomic E-state index is 0.325. The first-order valence-electron chi connectivity index (χ1n) is 7.23. The van der Waals surface area contributed by atoms with Crippen LogP contribution in [0.25, 0.3) is 10.3 Å². The van der Waals surface area contributed by atoms with Gasteiger partial charge in [0.1, 0.15) is 11.1 Å². The Bertz CT molecular complexity index is 656. The third kappa shape index (κ3) is 3.69. The van der Waals surface area contributed by atoms with Gasteiger partial charge in [0.25, 0.3) is 0 Å².